The second-order valence-electron chi connectivity index (χ2n) is 3.14. The van der Waals surface area contributed by atoms with Crippen LogP contribution in [0.3, 0.4) is 0 Å². The summed E-state index contributed by atoms with van der Waals surface area (Å²) in [6.45, 7) is 9.07. The second-order valence-corrected chi connectivity index (χ2v) is 5.40. The molecular weight excluding hydrogens is 188 g/mol. The molecular formula is C8H17N2O2S. The van der Waals surface area contributed by atoms with Crippen LogP contribution in [0.4, 0.5) is 0 Å². The van der Waals surface area contributed by atoms with Crippen molar-refractivity contribution in [2.45, 2.75) is 6.92 Å². The van der Waals surface area contributed by atoms with Gasteiger partial charge in [0.1, 0.15) is 0 Å². The van der Waals surface area contributed by atoms with Gasteiger partial charge in [-0.25, -0.2) is 8.42 Å². The zero-order valence-electron chi connectivity index (χ0n) is 8.07. The third-order valence-electron chi connectivity index (χ3n) is 2.41. The fraction of sp³-hybridized carbons (Fsp3) is 0.875. The Balaban J connectivity index is 2.50. The van der Waals surface area contributed by atoms with E-state index in [-0.39, 0.29) is 5.75 Å². The standard InChI is InChI=1S/C8H17N2O2S/c1-3-9-5-7-10(8-6-9)13(11,12)4-2/h1,3-8H2,2H3. The first-order valence-electron chi connectivity index (χ1n) is 4.59. The van der Waals surface area contributed by atoms with Gasteiger partial charge in [-0.2, -0.15) is 4.31 Å². The Kier molecular flexibility index (Phi) is 3.70. The number of nitrogens with zero attached hydrogens (tertiary/aromatic N) is 2. The van der Waals surface area contributed by atoms with Crippen molar-refractivity contribution in [2.24, 2.45) is 0 Å². The number of hydrogen-bond acceptors (Lipinski definition) is 3. The smallest absolute Gasteiger partial charge is 0.213 e. The zero-order chi connectivity index (χ0) is 9.90. The van der Waals surface area contributed by atoms with Crippen molar-refractivity contribution >= 4 is 10.0 Å². The lowest BCUT2D eigenvalue weighted by molar-refractivity contribution is 0.204. The van der Waals surface area contributed by atoms with E-state index in [9.17, 15) is 8.42 Å². The van der Waals surface area contributed by atoms with E-state index in [2.05, 4.69) is 11.8 Å². The monoisotopic (exact) mass is 205 g/mol. The van der Waals surface area contributed by atoms with E-state index >= 15 is 0 Å². The maximum atomic E-state index is 11.4. The van der Waals surface area contributed by atoms with Crippen molar-refractivity contribution in [1.82, 2.24) is 9.21 Å². The van der Waals surface area contributed by atoms with Gasteiger partial charge in [0.05, 0.1) is 5.75 Å². The molecule has 0 aliphatic carbocycles. The van der Waals surface area contributed by atoms with Gasteiger partial charge in [-0.15, -0.1) is 0 Å². The molecule has 5 heteroatoms. The van der Waals surface area contributed by atoms with E-state index in [0.717, 1.165) is 19.6 Å². The first-order valence-corrected chi connectivity index (χ1v) is 6.20. The highest BCUT2D eigenvalue weighted by atomic mass is 32.2. The van der Waals surface area contributed by atoms with Crippen LogP contribution in [-0.4, -0.2) is 56.1 Å². The lowest BCUT2D eigenvalue weighted by Gasteiger charge is -2.32. The summed E-state index contributed by atoms with van der Waals surface area (Å²) in [6, 6.07) is 0. The molecule has 1 saturated heterocycles. The topological polar surface area (TPSA) is 40.6 Å². The third kappa shape index (κ3) is 2.65. The van der Waals surface area contributed by atoms with E-state index in [1.165, 1.54) is 0 Å². The highest BCUT2D eigenvalue weighted by Crippen LogP contribution is 2.06. The van der Waals surface area contributed by atoms with E-state index in [1.807, 2.05) is 0 Å². The van der Waals surface area contributed by atoms with Crippen LogP contribution in [0.15, 0.2) is 0 Å². The Labute approximate surface area is 80.6 Å². The van der Waals surface area contributed by atoms with Gasteiger partial charge < -0.3 is 4.90 Å². The Morgan fingerprint density at radius 2 is 1.77 bits per heavy atom. The summed E-state index contributed by atoms with van der Waals surface area (Å²) in [5, 5.41) is 0. The molecule has 0 N–H and O–H groups in total. The minimum Gasteiger partial charge on any atom is -0.301 e. The molecule has 0 atom stereocenters. The molecule has 0 aromatic rings. The quantitative estimate of drug-likeness (QED) is 0.640. The van der Waals surface area contributed by atoms with Crippen molar-refractivity contribution in [3.05, 3.63) is 6.92 Å². The number of hydrogen-bond donors (Lipinski definition) is 0. The fourth-order valence-electron chi connectivity index (χ4n) is 1.41. The minimum absolute atomic E-state index is 0.206. The van der Waals surface area contributed by atoms with Crippen molar-refractivity contribution in [1.29, 1.82) is 0 Å². The SMILES string of the molecule is [CH2]CN1CCN(S(=O)(=O)CC)CC1. The minimum atomic E-state index is -2.97. The highest BCUT2D eigenvalue weighted by molar-refractivity contribution is 7.89. The molecule has 77 valence electrons. The van der Waals surface area contributed by atoms with Crippen molar-refractivity contribution < 1.29 is 8.42 Å². The van der Waals surface area contributed by atoms with E-state index in [4.69, 9.17) is 0 Å². The molecule has 0 aromatic carbocycles. The molecule has 1 radical (unpaired) electrons. The van der Waals surface area contributed by atoms with Gasteiger partial charge in [-0.1, -0.05) is 0 Å². The van der Waals surface area contributed by atoms with Crippen LogP contribution in [0.2, 0.25) is 0 Å². The summed E-state index contributed by atoms with van der Waals surface area (Å²) in [5.41, 5.74) is 0. The maximum Gasteiger partial charge on any atom is 0.213 e. The van der Waals surface area contributed by atoms with Crippen LogP contribution >= 0.6 is 0 Å². The predicted octanol–water partition coefficient (Wildman–Crippen LogP) is -0.212. The molecule has 13 heavy (non-hydrogen) atoms. The Bertz CT molecular complexity index is 243. The normalized spacial score (nSPS) is 22.0. The maximum absolute atomic E-state index is 11.4. The van der Waals surface area contributed by atoms with Gasteiger partial charge in [0.25, 0.3) is 0 Å². The molecule has 0 saturated carbocycles. The molecule has 1 aliphatic rings. The second kappa shape index (κ2) is 4.39. The van der Waals surface area contributed by atoms with Gasteiger partial charge >= 0.3 is 0 Å². The highest BCUT2D eigenvalue weighted by Gasteiger charge is 2.24. The molecule has 0 unspecified atom stereocenters. The van der Waals surface area contributed by atoms with Gasteiger partial charge in [0, 0.05) is 26.2 Å². The molecule has 0 bridgehead atoms. The number of rotatable bonds is 3. The Hall–Kier alpha value is -0.130. The van der Waals surface area contributed by atoms with E-state index in [0.29, 0.717) is 13.1 Å². The van der Waals surface area contributed by atoms with E-state index in [1.54, 1.807) is 11.2 Å². The van der Waals surface area contributed by atoms with Crippen molar-refractivity contribution in [3.8, 4) is 0 Å². The summed E-state index contributed by atoms with van der Waals surface area (Å²) in [6.07, 6.45) is 0. The lowest BCUT2D eigenvalue weighted by atomic mass is 10.4. The lowest BCUT2D eigenvalue weighted by Crippen LogP contribution is -2.48. The summed E-state index contributed by atoms with van der Waals surface area (Å²) < 4.78 is 24.5. The Morgan fingerprint density at radius 1 is 1.23 bits per heavy atom. The van der Waals surface area contributed by atoms with Crippen LogP contribution in [0, 0.1) is 6.92 Å². The fourth-order valence-corrected chi connectivity index (χ4v) is 2.50. The van der Waals surface area contributed by atoms with Crippen LogP contribution in [-0.2, 0) is 10.0 Å². The molecule has 0 spiro atoms. The molecule has 1 aliphatic heterocycles. The average Bonchev–Trinajstić information content (AvgIpc) is 2.18. The van der Waals surface area contributed by atoms with Crippen molar-refractivity contribution in [3.63, 3.8) is 0 Å². The van der Waals surface area contributed by atoms with Crippen LogP contribution in [0.25, 0.3) is 0 Å². The van der Waals surface area contributed by atoms with Crippen LogP contribution in [0.1, 0.15) is 6.92 Å². The van der Waals surface area contributed by atoms with Gasteiger partial charge in [-0.05, 0) is 20.4 Å². The van der Waals surface area contributed by atoms with Gasteiger partial charge in [-0.3, -0.25) is 0 Å². The Morgan fingerprint density at radius 3 is 2.15 bits per heavy atom. The molecule has 1 rings (SSSR count). The van der Waals surface area contributed by atoms with Gasteiger partial charge in [0.15, 0.2) is 0 Å². The number of piperazine rings is 1. The first kappa shape index (κ1) is 10.9. The molecule has 1 heterocycles. The zero-order valence-corrected chi connectivity index (χ0v) is 8.89. The first-order chi connectivity index (χ1) is 6.10. The summed E-state index contributed by atoms with van der Waals surface area (Å²) in [7, 11) is -2.97. The average molecular weight is 205 g/mol. The largest absolute Gasteiger partial charge is 0.301 e. The van der Waals surface area contributed by atoms with Crippen LogP contribution in [0.5, 0.6) is 0 Å². The summed E-state index contributed by atoms with van der Waals surface area (Å²) in [4.78, 5) is 2.15. The molecule has 1 fully saturated rings. The van der Waals surface area contributed by atoms with E-state index < -0.39 is 10.0 Å². The van der Waals surface area contributed by atoms with Crippen molar-refractivity contribution in [2.75, 3.05) is 38.5 Å². The molecule has 4 nitrogen and oxygen atoms in total. The third-order valence-corrected chi connectivity index (χ3v) is 4.29. The molecule has 0 amide bonds. The van der Waals surface area contributed by atoms with Crippen LogP contribution < -0.4 is 0 Å². The number of sulfonamides is 1. The van der Waals surface area contributed by atoms with Gasteiger partial charge in [0.2, 0.25) is 10.0 Å². The molecule has 0 aromatic heterocycles. The summed E-state index contributed by atoms with van der Waals surface area (Å²) in [5.74, 6) is 0.206. The summed E-state index contributed by atoms with van der Waals surface area (Å²) >= 11 is 0. The predicted molar refractivity (Wildman–Crippen MR) is 52.8 cm³/mol.